The Bertz CT molecular complexity index is 1490. The summed E-state index contributed by atoms with van der Waals surface area (Å²) in [6.45, 7) is 4.44. The van der Waals surface area contributed by atoms with Gasteiger partial charge in [-0.3, -0.25) is 0 Å². The highest BCUT2D eigenvalue weighted by molar-refractivity contribution is 5.79. The average molecular weight is 525 g/mol. The lowest BCUT2D eigenvalue weighted by molar-refractivity contribution is 0.132. The van der Waals surface area contributed by atoms with Crippen molar-refractivity contribution in [2.45, 2.75) is 44.7 Å². The first-order valence-corrected chi connectivity index (χ1v) is 13.6. The number of aryl methyl sites for hydroxylation is 1. The third-order valence-corrected chi connectivity index (χ3v) is 8.14. The number of nitrogens with one attached hydrogen (secondary N) is 1. The second-order valence-electron chi connectivity index (χ2n) is 10.2. The van der Waals surface area contributed by atoms with E-state index in [1.807, 2.05) is 30.3 Å². The van der Waals surface area contributed by atoms with Crippen molar-refractivity contribution < 1.29 is 19.4 Å². The molecule has 0 atom stereocenters. The van der Waals surface area contributed by atoms with E-state index in [9.17, 15) is 14.7 Å². The quantitative estimate of drug-likeness (QED) is 0.325. The summed E-state index contributed by atoms with van der Waals surface area (Å²) in [5.41, 5.74) is 7.88. The molecule has 0 radical (unpaired) electrons. The predicted molar refractivity (Wildman–Crippen MR) is 149 cm³/mol. The SMILES string of the molecule is CCn1c(CNC(=O)OCC2c3ccccc3-c3ccccc32)nc2ccc(C3CCN(C(=O)O)CC3)cc21. The van der Waals surface area contributed by atoms with Crippen LogP contribution in [0.2, 0.25) is 0 Å². The summed E-state index contributed by atoms with van der Waals surface area (Å²) in [6.07, 6.45) is 0.321. The zero-order valence-corrected chi connectivity index (χ0v) is 22.0. The maximum Gasteiger partial charge on any atom is 0.407 e. The van der Waals surface area contributed by atoms with Crippen molar-refractivity contribution in [3.05, 3.63) is 89.2 Å². The van der Waals surface area contributed by atoms with Gasteiger partial charge in [0.15, 0.2) is 0 Å². The number of benzene rings is 3. The summed E-state index contributed by atoms with van der Waals surface area (Å²) < 4.78 is 7.82. The van der Waals surface area contributed by atoms with Gasteiger partial charge in [0.05, 0.1) is 17.6 Å². The van der Waals surface area contributed by atoms with Crippen LogP contribution in [-0.4, -0.2) is 51.4 Å². The van der Waals surface area contributed by atoms with Crippen molar-refractivity contribution in [1.29, 1.82) is 0 Å². The molecule has 0 saturated carbocycles. The molecule has 4 aromatic rings. The van der Waals surface area contributed by atoms with Crippen molar-refractivity contribution >= 4 is 23.2 Å². The van der Waals surface area contributed by atoms with Crippen LogP contribution in [0.3, 0.4) is 0 Å². The van der Waals surface area contributed by atoms with Crippen molar-refractivity contribution in [3.63, 3.8) is 0 Å². The Hall–Kier alpha value is -4.33. The van der Waals surface area contributed by atoms with Gasteiger partial charge in [-0.1, -0.05) is 54.6 Å². The number of carbonyl (C=O) groups is 2. The van der Waals surface area contributed by atoms with Gasteiger partial charge in [0.25, 0.3) is 0 Å². The molecule has 2 N–H and O–H groups in total. The van der Waals surface area contributed by atoms with Gasteiger partial charge in [0, 0.05) is 25.6 Å². The zero-order chi connectivity index (χ0) is 26.9. The zero-order valence-electron chi connectivity index (χ0n) is 22.0. The smallest absolute Gasteiger partial charge is 0.407 e. The van der Waals surface area contributed by atoms with Crippen LogP contribution in [0.4, 0.5) is 9.59 Å². The maximum absolute atomic E-state index is 12.7. The van der Waals surface area contributed by atoms with Crippen LogP contribution in [0.15, 0.2) is 66.7 Å². The van der Waals surface area contributed by atoms with Crippen molar-refractivity contribution in [2.75, 3.05) is 19.7 Å². The second-order valence-corrected chi connectivity index (χ2v) is 10.2. The molecule has 2 amide bonds. The number of alkyl carbamates (subject to hydrolysis) is 1. The average Bonchev–Trinajstić information content (AvgIpc) is 3.49. The molecule has 8 heteroatoms. The van der Waals surface area contributed by atoms with Crippen LogP contribution >= 0.6 is 0 Å². The number of imidazole rings is 1. The number of amides is 2. The first-order valence-electron chi connectivity index (χ1n) is 13.6. The number of carbonyl (C=O) groups excluding carboxylic acids is 1. The summed E-state index contributed by atoms with van der Waals surface area (Å²) in [5.74, 6) is 1.12. The first kappa shape index (κ1) is 25.0. The van der Waals surface area contributed by atoms with Crippen LogP contribution in [0.25, 0.3) is 22.2 Å². The molecule has 2 aliphatic rings. The second kappa shape index (κ2) is 10.4. The third-order valence-electron chi connectivity index (χ3n) is 8.14. The van der Waals surface area contributed by atoms with Gasteiger partial charge in [-0.25, -0.2) is 14.6 Å². The van der Waals surface area contributed by atoms with Gasteiger partial charge < -0.3 is 24.6 Å². The molecule has 1 aliphatic heterocycles. The highest BCUT2D eigenvalue weighted by atomic mass is 16.5. The summed E-state index contributed by atoms with van der Waals surface area (Å²) in [5, 5.41) is 12.1. The number of ether oxygens (including phenoxy) is 1. The lowest BCUT2D eigenvalue weighted by atomic mass is 9.89. The molecule has 39 heavy (non-hydrogen) atoms. The highest BCUT2D eigenvalue weighted by Crippen LogP contribution is 2.44. The van der Waals surface area contributed by atoms with E-state index >= 15 is 0 Å². The molecule has 0 spiro atoms. The van der Waals surface area contributed by atoms with E-state index in [-0.39, 0.29) is 19.1 Å². The number of fused-ring (bicyclic) bond motifs is 4. The van der Waals surface area contributed by atoms with E-state index in [4.69, 9.17) is 9.72 Å². The minimum Gasteiger partial charge on any atom is -0.465 e. The van der Waals surface area contributed by atoms with Crippen molar-refractivity contribution in [2.24, 2.45) is 0 Å². The molecule has 1 fully saturated rings. The predicted octanol–water partition coefficient (Wildman–Crippen LogP) is 5.95. The summed E-state index contributed by atoms with van der Waals surface area (Å²) in [7, 11) is 0. The van der Waals surface area contributed by atoms with E-state index in [1.54, 1.807) is 0 Å². The first-order chi connectivity index (χ1) is 19.0. The molecular weight excluding hydrogens is 492 g/mol. The molecule has 0 bridgehead atoms. The van der Waals surface area contributed by atoms with Gasteiger partial charge in [0.2, 0.25) is 0 Å². The number of carboxylic acid groups (broad SMARTS) is 1. The number of piperidine rings is 1. The summed E-state index contributed by atoms with van der Waals surface area (Å²) in [4.78, 5) is 30.2. The lowest BCUT2D eigenvalue weighted by Gasteiger charge is -2.30. The summed E-state index contributed by atoms with van der Waals surface area (Å²) in [6, 6.07) is 22.9. The van der Waals surface area contributed by atoms with Gasteiger partial charge in [-0.2, -0.15) is 0 Å². The standard InChI is InChI=1S/C31H32N4O4/c1-2-35-28-17-21(20-13-15-34(16-14-20)31(37)38)11-12-27(28)33-29(35)18-32-30(36)39-19-26-24-9-5-3-7-22(24)23-8-4-6-10-25(23)26/h3-12,17,20,26H,2,13-16,18-19H2,1H3,(H,32,36)(H,37,38). The Morgan fingerprint density at radius 1 is 1.00 bits per heavy atom. The number of rotatable bonds is 6. The van der Waals surface area contributed by atoms with Crippen LogP contribution in [0, 0.1) is 0 Å². The number of hydrogen-bond acceptors (Lipinski definition) is 4. The normalized spacial score (nSPS) is 15.3. The highest BCUT2D eigenvalue weighted by Gasteiger charge is 2.29. The lowest BCUT2D eigenvalue weighted by Crippen LogP contribution is -2.36. The Labute approximate surface area is 227 Å². The molecule has 3 aromatic carbocycles. The fourth-order valence-corrected chi connectivity index (χ4v) is 6.14. The van der Waals surface area contributed by atoms with E-state index in [0.717, 1.165) is 36.2 Å². The van der Waals surface area contributed by atoms with Gasteiger partial charge in [0.1, 0.15) is 12.4 Å². The van der Waals surface area contributed by atoms with E-state index in [0.29, 0.717) is 19.0 Å². The van der Waals surface area contributed by atoms with Crippen molar-refractivity contribution in [1.82, 2.24) is 19.8 Å². The van der Waals surface area contributed by atoms with Gasteiger partial charge in [-0.05, 0) is 65.6 Å². The van der Waals surface area contributed by atoms with E-state index in [1.165, 1.54) is 32.7 Å². The molecule has 6 rings (SSSR count). The van der Waals surface area contributed by atoms with E-state index < -0.39 is 12.2 Å². The molecule has 1 aliphatic carbocycles. The third kappa shape index (κ3) is 4.71. The topological polar surface area (TPSA) is 96.7 Å². The van der Waals surface area contributed by atoms with Gasteiger partial charge >= 0.3 is 12.2 Å². The Kier molecular flexibility index (Phi) is 6.69. The molecule has 2 heterocycles. The molecule has 0 unspecified atom stereocenters. The molecule has 1 saturated heterocycles. The number of aromatic nitrogens is 2. The number of hydrogen-bond donors (Lipinski definition) is 2. The monoisotopic (exact) mass is 524 g/mol. The molecule has 200 valence electrons. The van der Waals surface area contributed by atoms with Crippen LogP contribution < -0.4 is 5.32 Å². The maximum atomic E-state index is 12.7. The minimum absolute atomic E-state index is 0.0177. The number of nitrogens with zero attached hydrogens (tertiary/aromatic N) is 3. The molecule has 8 nitrogen and oxygen atoms in total. The summed E-state index contributed by atoms with van der Waals surface area (Å²) >= 11 is 0. The van der Waals surface area contributed by atoms with Crippen LogP contribution in [0.1, 0.15) is 54.1 Å². The largest absolute Gasteiger partial charge is 0.465 e. The molecule has 1 aromatic heterocycles. The van der Waals surface area contributed by atoms with Crippen LogP contribution in [-0.2, 0) is 17.8 Å². The number of likely N-dealkylation sites (tertiary alicyclic amines) is 1. The van der Waals surface area contributed by atoms with Gasteiger partial charge in [-0.15, -0.1) is 0 Å². The van der Waals surface area contributed by atoms with Crippen molar-refractivity contribution in [3.8, 4) is 11.1 Å². The molecular formula is C31H32N4O4. The fraction of sp³-hybridized carbons (Fsp3) is 0.323. The Morgan fingerprint density at radius 3 is 2.31 bits per heavy atom. The minimum atomic E-state index is -0.846. The Balaban J connectivity index is 1.11. The van der Waals surface area contributed by atoms with E-state index in [2.05, 4.69) is 53.2 Å². The Morgan fingerprint density at radius 2 is 1.67 bits per heavy atom. The fourth-order valence-electron chi connectivity index (χ4n) is 6.14. The van der Waals surface area contributed by atoms with Crippen LogP contribution in [0.5, 0.6) is 0 Å².